The lowest BCUT2D eigenvalue weighted by atomic mass is 10.2. The predicted molar refractivity (Wildman–Crippen MR) is 75.7 cm³/mol. The molecule has 0 bridgehead atoms. The number of nitrogens with zero attached hydrogens (tertiary/aromatic N) is 3. The van der Waals surface area contributed by atoms with Gasteiger partial charge in [-0.05, 0) is 18.1 Å². The Hall–Kier alpha value is -2.22. The minimum Gasteiger partial charge on any atom is -0.423 e. The van der Waals surface area contributed by atoms with Gasteiger partial charge in [-0.25, -0.2) is 0 Å². The van der Waals surface area contributed by atoms with Gasteiger partial charge in [-0.1, -0.05) is 13.8 Å². The minimum atomic E-state index is 0.452. The molecule has 19 heavy (non-hydrogen) atoms. The van der Waals surface area contributed by atoms with Crippen molar-refractivity contribution in [3.63, 3.8) is 0 Å². The average Bonchev–Trinajstić information content (AvgIpc) is 2.76. The van der Waals surface area contributed by atoms with Gasteiger partial charge in [0.1, 0.15) is 5.52 Å². The molecule has 0 radical (unpaired) electrons. The summed E-state index contributed by atoms with van der Waals surface area (Å²) in [6.45, 7) is 5.68. The second-order valence-corrected chi connectivity index (χ2v) is 4.97. The zero-order valence-electron chi connectivity index (χ0n) is 11.3. The van der Waals surface area contributed by atoms with Crippen LogP contribution in [-0.2, 0) is 0 Å². The Morgan fingerprint density at radius 3 is 2.95 bits per heavy atom. The van der Waals surface area contributed by atoms with Crippen LogP contribution in [0.3, 0.4) is 0 Å². The fourth-order valence-corrected chi connectivity index (χ4v) is 1.96. The zero-order valence-corrected chi connectivity index (χ0v) is 11.3. The fourth-order valence-electron chi connectivity index (χ4n) is 1.96. The van der Waals surface area contributed by atoms with E-state index < -0.39 is 0 Å². The van der Waals surface area contributed by atoms with Crippen molar-refractivity contribution in [2.24, 2.45) is 5.92 Å². The third-order valence-electron chi connectivity index (χ3n) is 2.75. The van der Waals surface area contributed by atoms with E-state index in [1.807, 2.05) is 11.0 Å². The molecule has 5 nitrogen and oxygen atoms in total. The van der Waals surface area contributed by atoms with E-state index in [4.69, 9.17) is 15.4 Å². The Balaban J connectivity index is 2.29. The van der Waals surface area contributed by atoms with Crippen molar-refractivity contribution < 1.29 is 4.42 Å². The van der Waals surface area contributed by atoms with Crippen molar-refractivity contribution in [2.45, 2.75) is 20.3 Å². The second kappa shape index (κ2) is 5.61. The molecular formula is C14H18N4O. The maximum Gasteiger partial charge on any atom is 0.298 e. The Labute approximate surface area is 112 Å². The Morgan fingerprint density at radius 1 is 1.47 bits per heavy atom. The number of fused-ring (bicyclic) bond motifs is 1. The first kappa shape index (κ1) is 13.2. The van der Waals surface area contributed by atoms with Crippen molar-refractivity contribution >= 4 is 22.8 Å². The van der Waals surface area contributed by atoms with E-state index >= 15 is 0 Å². The highest BCUT2D eigenvalue weighted by molar-refractivity contribution is 5.78. The van der Waals surface area contributed by atoms with Crippen LogP contribution < -0.4 is 10.6 Å². The summed E-state index contributed by atoms with van der Waals surface area (Å²) in [5, 5.41) is 8.73. The molecule has 0 atom stereocenters. The van der Waals surface area contributed by atoms with Gasteiger partial charge >= 0.3 is 0 Å². The van der Waals surface area contributed by atoms with E-state index in [0.29, 0.717) is 36.2 Å². The molecule has 0 unspecified atom stereocenters. The Bertz CT molecular complexity index is 597. The van der Waals surface area contributed by atoms with Crippen LogP contribution in [0.15, 0.2) is 22.6 Å². The molecule has 0 fully saturated rings. The smallest absolute Gasteiger partial charge is 0.298 e. The molecule has 0 aliphatic heterocycles. The van der Waals surface area contributed by atoms with Crippen LogP contribution in [0.25, 0.3) is 11.1 Å². The van der Waals surface area contributed by atoms with Gasteiger partial charge in [-0.2, -0.15) is 10.2 Å². The lowest BCUT2D eigenvalue weighted by molar-refractivity contribution is 0.530. The molecule has 0 spiro atoms. The van der Waals surface area contributed by atoms with E-state index in [-0.39, 0.29) is 0 Å². The van der Waals surface area contributed by atoms with Crippen LogP contribution in [0.2, 0.25) is 0 Å². The molecule has 1 heterocycles. The summed E-state index contributed by atoms with van der Waals surface area (Å²) < 4.78 is 5.73. The highest BCUT2D eigenvalue weighted by atomic mass is 16.4. The number of anilines is 2. The first-order valence-electron chi connectivity index (χ1n) is 6.38. The molecular weight excluding hydrogens is 240 g/mol. The third kappa shape index (κ3) is 3.16. The van der Waals surface area contributed by atoms with Crippen LogP contribution in [0.4, 0.5) is 11.7 Å². The normalized spacial score (nSPS) is 10.8. The largest absolute Gasteiger partial charge is 0.423 e. The van der Waals surface area contributed by atoms with Gasteiger partial charge in [-0.15, -0.1) is 0 Å². The maximum atomic E-state index is 8.73. The maximum absolute atomic E-state index is 8.73. The van der Waals surface area contributed by atoms with E-state index in [1.165, 1.54) is 0 Å². The van der Waals surface area contributed by atoms with Crippen LogP contribution in [0.1, 0.15) is 20.3 Å². The number of nitrogen functional groups attached to an aromatic ring is 1. The van der Waals surface area contributed by atoms with Crippen molar-refractivity contribution in [2.75, 3.05) is 23.7 Å². The molecule has 0 saturated carbocycles. The van der Waals surface area contributed by atoms with Gasteiger partial charge in [0, 0.05) is 24.8 Å². The zero-order chi connectivity index (χ0) is 13.8. The molecule has 1 aromatic heterocycles. The van der Waals surface area contributed by atoms with Gasteiger partial charge in [0.2, 0.25) is 0 Å². The number of oxazole rings is 1. The molecule has 0 aliphatic rings. The standard InChI is InChI=1S/C14H18N4O/c1-10(2)9-18(7-3-6-15)14-17-12-5-4-11(16)8-13(12)19-14/h4-5,8,10H,3,7,9,16H2,1-2H3. The molecule has 2 rings (SSSR count). The number of hydrogen-bond acceptors (Lipinski definition) is 5. The van der Waals surface area contributed by atoms with Crippen LogP contribution in [-0.4, -0.2) is 18.1 Å². The van der Waals surface area contributed by atoms with Crippen LogP contribution >= 0.6 is 0 Å². The summed E-state index contributed by atoms with van der Waals surface area (Å²) >= 11 is 0. The monoisotopic (exact) mass is 258 g/mol. The fraction of sp³-hybridized carbons (Fsp3) is 0.429. The van der Waals surface area contributed by atoms with Crippen molar-refractivity contribution in [3.8, 4) is 6.07 Å². The molecule has 0 aliphatic carbocycles. The summed E-state index contributed by atoms with van der Waals surface area (Å²) in [4.78, 5) is 6.46. The number of nitriles is 1. The number of aromatic nitrogens is 1. The third-order valence-corrected chi connectivity index (χ3v) is 2.75. The Morgan fingerprint density at radius 2 is 2.26 bits per heavy atom. The molecule has 5 heteroatoms. The number of hydrogen-bond donors (Lipinski definition) is 1. The lowest BCUT2D eigenvalue weighted by Gasteiger charge is -2.21. The number of nitrogens with two attached hydrogens (primary N) is 1. The van der Waals surface area contributed by atoms with Gasteiger partial charge < -0.3 is 15.1 Å². The van der Waals surface area contributed by atoms with E-state index in [0.717, 1.165) is 12.1 Å². The molecule has 0 amide bonds. The quantitative estimate of drug-likeness (QED) is 0.834. The number of rotatable bonds is 5. The summed E-state index contributed by atoms with van der Waals surface area (Å²) in [6.07, 6.45) is 0.452. The summed E-state index contributed by atoms with van der Waals surface area (Å²) in [5.41, 5.74) is 7.85. The second-order valence-electron chi connectivity index (χ2n) is 4.97. The average molecular weight is 258 g/mol. The first-order chi connectivity index (χ1) is 9.10. The van der Waals surface area contributed by atoms with Crippen molar-refractivity contribution in [1.82, 2.24) is 4.98 Å². The molecule has 2 aromatic rings. The Kier molecular flexibility index (Phi) is 3.91. The highest BCUT2D eigenvalue weighted by Crippen LogP contribution is 2.24. The van der Waals surface area contributed by atoms with Crippen LogP contribution in [0.5, 0.6) is 0 Å². The molecule has 0 saturated heterocycles. The molecule has 100 valence electrons. The lowest BCUT2D eigenvalue weighted by Crippen LogP contribution is -2.28. The van der Waals surface area contributed by atoms with E-state index in [9.17, 15) is 0 Å². The van der Waals surface area contributed by atoms with Gasteiger partial charge in [-0.3, -0.25) is 0 Å². The minimum absolute atomic E-state index is 0.452. The number of benzene rings is 1. The summed E-state index contributed by atoms with van der Waals surface area (Å²) in [7, 11) is 0. The van der Waals surface area contributed by atoms with E-state index in [2.05, 4.69) is 24.9 Å². The van der Waals surface area contributed by atoms with Crippen molar-refractivity contribution in [1.29, 1.82) is 5.26 Å². The van der Waals surface area contributed by atoms with Gasteiger partial charge in [0.15, 0.2) is 5.58 Å². The first-order valence-corrected chi connectivity index (χ1v) is 6.38. The molecule has 2 N–H and O–H groups in total. The van der Waals surface area contributed by atoms with Crippen molar-refractivity contribution in [3.05, 3.63) is 18.2 Å². The summed E-state index contributed by atoms with van der Waals surface area (Å²) in [5.74, 6) is 0.471. The SMILES string of the molecule is CC(C)CN(CCC#N)c1nc2ccc(N)cc2o1. The van der Waals surface area contributed by atoms with Gasteiger partial charge in [0.25, 0.3) is 6.01 Å². The highest BCUT2D eigenvalue weighted by Gasteiger charge is 2.15. The van der Waals surface area contributed by atoms with E-state index in [1.54, 1.807) is 12.1 Å². The van der Waals surface area contributed by atoms with Gasteiger partial charge in [0.05, 0.1) is 12.5 Å². The predicted octanol–water partition coefficient (Wildman–Crippen LogP) is 2.79. The summed E-state index contributed by atoms with van der Waals surface area (Å²) in [6, 6.07) is 8.13. The molecule has 1 aromatic carbocycles. The topological polar surface area (TPSA) is 79.1 Å². The van der Waals surface area contributed by atoms with Crippen LogP contribution in [0, 0.1) is 17.2 Å².